The van der Waals surface area contributed by atoms with Gasteiger partial charge in [0, 0.05) is 10.9 Å². The second kappa shape index (κ2) is 7.86. The van der Waals surface area contributed by atoms with Crippen LogP contribution in [-0.2, 0) is 9.53 Å². The second-order valence-corrected chi connectivity index (χ2v) is 6.82. The number of esters is 1. The van der Waals surface area contributed by atoms with E-state index in [1.54, 1.807) is 13.0 Å². The number of rotatable bonds is 5. The molecule has 0 saturated carbocycles. The molecule has 0 radical (unpaired) electrons. The van der Waals surface area contributed by atoms with Crippen LogP contribution in [0.4, 0.5) is 10.1 Å². The number of nitrogens with one attached hydrogen (secondary N) is 3. The topological polar surface area (TPSA) is 75.6 Å². The summed E-state index contributed by atoms with van der Waals surface area (Å²) in [5.41, 5.74) is 0.998. The highest BCUT2D eigenvalue weighted by Gasteiger charge is 2.26. The fourth-order valence-corrected chi connectivity index (χ4v) is 3.56. The third kappa shape index (κ3) is 3.88. The van der Waals surface area contributed by atoms with Crippen LogP contribution in [0.25, 0.3) is 10.9 Å². The fraction of sp³-hybridized carbons (Fsp3) is 0.474. The lowest BCUT2D eigenvalue weighted by Crippen LogP contribution is -3.17. The fourth-order valence-electron chi connectivity index (χ4n) is 3.56. The van der Waals surface area contributed by atoms with E-state index in [0.717, 1.165) is 19.4 Å². The van der Waals surface area contributed by atoms with Gasteiger partial charge in [-0.2, -0.15) is 0 Å². The maximum Gasteiger partial charge on any atom is 0.356 e. The number of carbonyl (C=O) groups excluding carboxylic acids is 2. The Morgan fingerprint density at radius 1 is 1.38 bits per heavy atom. The summed E-state index contributed by atoms with van der Waals surface area (Å²) in [6.07, 6.45) is 3.41. The van der Waals surface area contributed by atoms with E-state index in [4.69, 9.17) is 4.74 Å². The van der Waals surface area contributed by atoms with Crippen molar-refractivity contribution >= 4 is 28.5 Å². The number of quaternary nitrogens is 1. The average Bonchev–Trinajstić information content (AvgIpc) is 2.95. The van der Waals surface area contributed by atoms with Crippen molar-refractivity contribution in [2.45, 2.75) is 39.2 Å². The van der Waals surface area contributed by atoms with Gasteiger partial charge in [-0.05, 0) is 51.3 Å². The number of hydrogen-bond acceptors (Lipinski definition) is 3. The summed E-state index contributed by atoms with van der Waals surface area (Å²) in [6, 6.07) is 4.58. The monoisotopic (exact) mass is 362 g/mol. The Morgan fingerprint density at radius 3 is 2.92 bits per heavy atom. The van der Waals surface area contributed by atoms with Crippen LogP contribution in [0.5, 0.6) is 0 Å². The molecule has 7 heteroatoms. The number of aromatic amines is 1. The summed E-state index contributed by atoms with van der Waals surface area (Å²) >= 11 is 0. The Labute approximate surface area is 151 Å². The van der Waals surface area contributed by atoms with Gasteiger partial charge in [-0.25, -0.2) is 9.18 Å². The maximum absolute atomic E-state index is 13.7. The zero-order valence-electron chi connectivity index (χ0n) is 15.2. The van der Waals surface area contributed by atoms with Crippen LogP contribution in [0.3, 0.4) is 0 Å². The molecule has 26 heavy (non-hydrogen) atoms. The van der Waals surface area contributed by atoms with Gasteiger partial charge in [0.25, 0.3) is 5.91 Å². The number of anilines is 1. The Bertz CT molecular complexity index is 818. The Hall–Kier alpha value is -2.41. The van der Waals surface area contributed by atoms with Crippen molar-refractivity contribution in [3.8, 4) is 0 Å². The largest absolute Gasteiger partial charge is 0.461 e. The molecule has 0 bridgehead atoms. The van der Waals surface area contributed by atoms with E-state index in [9.17, 15) is 14.0 Å². The molecule has 1 aliphatic heterocycles. The van der Waals surface area contributed by atoms with Crippen LogP contribution in [0.15, 0.2) is 18.2 Å². The van der Waals surface area contributed by atoms with Crippen molar-refractivity contribution in [1.82, 2.24) is 4.98 Å². The van der Waals surface area contributed by atoms with Gasteiger partial charge in [0.05, 0.1) is 24.9 Å². The molecule has 1 aliphatic rings. The number of ether oxygens (including phenoxy) is 1. The highest BCUT2D eigenvalue weighted by Crippen LogP contribution is 2.29. The molecule has 0 spiro atoms. The van der Waals surface area contributed by atoms with Gasteiger partial charge in [-0.3, -0.25) is 4.79 Å². The average molecular weight is 362 g/mol. The zero-order valence-corrected chi connectivity index (χ0v) is 15.2. The van der Waals surface area contributed by atoms with Crippen molar-refractivity contribution in [3.63, 3.8) is 0 Å². The molecular formula is C19H25FN3O3+. The molecule has 1 saturated heterocycles. The lowest BCUT2D eigenvalue weighted by molar-refractivity contribution is -0.920. The van der Waals surface area contributed by atoms with Gasteiger partial charge in [-0.1, -0.05) is 0 Å². The number of piperidine rings is 1. The van der Waals surface area contributed by atoms with Crippen molar-refractivity contribution < 1.29 is 23.6 Å². The molecular weight excluding hydrogens is 337 g/mol. The van der Waals surface area contributed by atoms with Gasteiger partial charge in [0.1, 0.15) is 11.5 Å². The number of fused-ring (bicyclic) bond motifs is 1. The molecule has 1 fully saturated rings. The highest BCUT2D eigenvalue weighted by atomic mass is 19.1. The van der Waals surface area contributed by atoms with Gasteiger partial charge in [0.15, 0.2) is 6.54 Å². The van der Waals surface area contributed by atoms with Gasteiger partial charge < -0.3 is 19.9 Å². The third-order valence-electron chi connectivity index (χ3n) is 4.97. The maximum atomic E-state index is 13.7. The molecule has 1 aromatic carbocycles. The molecule has 1 aromatic heterocycles. The number of carbonyl (C=O) groups is 2. The van der Waals surface area contributed by atoms with Crippen molar-refractivity contribution in [2.24, 2.45) is 0 Å². The van der Waals surface area contributed by atoms with Gasteiger partial charge in [0.2, 0.25) is 0 Å². The molecule has 3 rings (SSSR count). The van der Waals surface area contributed by atoms with E-state index in [2.05, 4.69) is 17.2 Å². The molecule has 2 atom stereocenters. The third-order valence-corrected chi connectivity index (χ3v) is 4.97. The molecule has 0 aliphatic carbocycles. The number of benzene rings is 1. The first-order valence-corrected chi connectivity index (χ1v) is 9.12. The smallest absolute Gasteiger partial charge is 0.356 e. The number of amides is 1. The Balaban J connectivity index is 1.87. The van der Waals surface area contributed by atoms with Crippen LogP contribution in [0.2, 0.25) is 0 Å². The first-order chi connectivity index (χ1) is 12.5. The zero-order chi connectivity index (χ0) is 18.7. The summed E-state index contributed by atoms with van der Waals surface area (Å²) in [4.78, 5) is 29.0. The highest BCUT2D eigenvalue weighted by molar-refractivity contribution is 6.11. The van der Waals surface area contributed by atoms with Crippen LogP contribution in [-0.4, -0.2) is 42.6 Å². The van der Waals surface area contributed by atoms with Crippen LogP contribution in [0, 0.1) is 5.82 Å². The molecule has 140 valence electrons. The molecule has 2 heterocycles. The molecule has 3 N–H and O–H groups in total. The van der Waals surface area contributed by atoms with Crippen LogP contribution >= 0.6 is 0 Å². The molecule has 6 nitrogen and oxygen atoms in total. The predicted molar refractivity (Wildman–Crippen MR) is 96.9 cm³/mol. The second-order valence-electron chi connectivity index (χ2n) is 6.82. The summed E-state index contributed by atoms with van der Waals surface area (Å²) in [5, 5.41) is 3.27. The molecule has 1 unspecified atom stereocenters. The van der Waals surface area contributed by atoms with Crippen molar-refractivity contribution in [3.05, 3.63) is 29.7 Å². The summed E-state index contributed by atoms with van der Waals surface area (Å²) < 4.78 is 18.7. The van der Waals surface area contributed by atoms with E-state index in [1.807, 2.05) is 0 Å². The molecule has 1 amide bonds. The normalized spacial score (nSPS) is 20.1. The van der Waals surface area contributed by atoms with E-state index in [0.29, 0.717) is 23.5 Å². The molecule has 2 aromatic rings. The standard InChI is InChI=1S/C19H24FN3O3/c1-3-26-19(25)18-17(14-10-13(20)7-8-15(14)21-18)22-16(24)11-23-9-5-4-6-12(23)2/h7-8,10,12,21H,3-6,9,11H2,1-2H3,(H,22,24)/p+1/t12-/m1/s1. The number of likely N-dealkylation sites (tertiary alicyclic amines) is 1. The Morgan fingerprint density at radius 2 is 2.19 bits per heavy atom. The first-order valence-electron chi connectivity index (χ1n) is 9.12. The van der Waals surface area contributed by atoms with Crippen molar-refractivity contribution in [2.75, 3.05) is 25.0 Å². The van der Waals surface area contributed by atoms with Gasteiger partial charge in [-0.15, -0.1) is 0 Å². The summed E-state index contributed by atoms with van der Waals surface area (Å²) in [7, 11) is 0. The van der Waals surface area contributed by atoms with E-state index < -0.39 is 11.8 Å². The van der Waals surface area contributed by atoms with E-state index >= 15 is 0 Å². The van der Waals surface area contributed by atoms with Crippen LogP contribution in [0.1, 0.15) is 43.6 Å². The number of hydrogen-bond donors (Lipinski definition) is 3. The van der Waals surface area contributed by atoms with E-state index in [-0.39, 0.29) is 23.9 Å². The minimum Gasteiger partial charge on any atom is -0.461 e. The lowest BCUT2D eigenvalue weighted by atomic mass is 10.0. The SMILES string of the molecule is CCOC(=O)c1[nH]c2ccc(F)cc2c1NC(=O)C[NH+]1CCCC[C@H]1C. The minimum atomic E-state index is -0.571. The predicted octanol–water partition coefficient (Wildman–Crippen LogP) is 1.88. The number of halogens is 1. The van der Waals surface area contributed by atoms with Crippen molar-refractivity contribution in [1.29, 1.82) is 0 Å². The first kappa shape index (κ1) is 18.4. The number of aromatic nitrogens is 1. The number of H-pyrrole nitrogens is 1. The quantitative estimate of drug-likeness (QED) is 0.711. The minimum absolute atomic E-state index is 0.141. The lowest BCUT2D eigenvalue weighted by Gasteiger charge is -2.29. The summed E-state index contributed by atoms with van der Waals surface area (Å²) in [5.74, 6) is -1.19. The summed E-state index contributed by atoms with van der Waals surface area (Å²) in [6.45, 7) is 5.35. The Kier molecular flexibility index (Phi) is 5.56. The van der Waals surface area contributed by atoms with Gasteiger partial charge >= 0.3 is 5.97 Å². The van der Waals surface area contributed by atoms with Crippen LogP contribution < -0.4 is 10.2 Å². The van der Waals surface area contributed by atoms with E-state index in [1.165, 1.54) is 23.5 Å².